The fourth-order valence-corrected chi connectivity index (χ4v) is 1.98. The van der Waals surface area contributed by atoms with Gasteiger partial charge in [0.15, 0.2) is 11.5 Å². The van der Waals surface area contributed by atoms with Crippen LogP contribution in [0.2, 0.25) is 0 Å². The molecule has 21 heavy (non-hydrogen) atoms. The van der Waals surface area contributed by atoms with Crippen molar-refractivity contribution in [1.29, 1.82) is 0 Å². The van der Waals surface area contributed by atoms with Gasteiger partial charge in [-0.2, -0.15) is 22.0 Å². The van der Waals surface area contributed by atoms with Gasteiger partial charge in [0.25, 0.3) is 0 Å². The zero-order chi connectivity index (χ0) is 15.7. The maximum atomic E-state index is 12.8. The van der Waals surface area contributed by atoms with Crippen LogP contribution in [0.1, 0.15) is 18.4 Å². The number of benzene rings is 1. The van der Waals surface area contributed by atoms with Crippen LogP contribution in [0.15, 0.2) is 18.2 Å². The van der Waals surface area contributed by atoms with Gasteiger partial charge in [-0.05, 0) is 30.5 Å². The minimum absolute atomic E-state index is 0.0209. The summed E-state index contributed by atoms with van der Waals surface area (Å²) in [6, 6.07) is 4.11. The quantitative estimate of drug-likeness (QED) is 0.816. The molecule has 0 heterocycles. The third kappa shape index (κ3) is 3.55. The second-order valence-corrected chi connectivity index (χ2v) is 4.80. The van der Waals surface area contributed by atoms with Crippen molar-refractivity contribution in [1.82, 2.24) is 5.32 Å². The van der Waals surface area contributed by atoms with Gasteiger partial charge in [0.2, 0.25) is 0 Å². The minimum atomic E-state index is -4.32. The van der Waals surface area contributed by atoms with E-state index < -0.39 is 18.3 Å². The zero-order valence-corrected chi connectivity index (χ0v) is 11.1. The fourth-order valence-electron chi connectivity index (χ4n) is 1.98. The molecule has 1 N–H and O–H groups in total. The lowest BCUT2D eigenvalue weighted by Crippen LogP contribution is -2.44. The van der Waals surface area contributed by atoms with Gasteiger partial charge in [-0.1, -0.05) is 6.07 Å². The molecule has 0 radical (unpaired) electrons. The molecule has 0 spiro atoms. The normalized spacial score (nSPS) is 16.9. The number of halogens is 5. The number of nitrogens with one attached hydrogen (secondary N) is 1. The third-order valence-corrected chi connectivity index (χ3v) is 3.37. The van der Waals surface area contributed by atoms with Crippen molar-refractivity contribution < 1.29 is 31.4 Å². The van der Waals surface area contributed by atoms with Crippen molar-refractivity contribution in [2.45, 2.75) is 37.7 Å². The van der Waals surface area contributed by atoms with Crippen LogP contribution in [0.25, 0.3) is 0 Å². The number of ether oxygens (including phenoxy) is 2. The van der Waals surface area contributed by atoms with Crippen molar-refractivity contribution in [3.63, 3.8) is 0 Å². The van der Waals surface area contributed by atoms with Crippen LogP contribution in [0.3, 0.4) is 0 Å². The summed E-state index contributed by atoms with van der Waals surface area (Å²) in [5, 5.41) is 2.44. The molecule has 0 amide bonds. The second kappa shape index (κ2) is 5.67. The number of hydrogen-bond donors (Lipinski definition) is 1. The topological polar surface area (TPSA) is 30.5 Å². The van der Waals surface area contributed by atoms with Crippen molar-refractivity contribution in [2.24, 2.45) is 0 Å². The Balaban J connectivity index is 2.07. The zero-order valence-electron chi connectivity index (χ0n) is 11.1. The Bertz CT molecular complexity index is 500. The van der Waals surface area contributed by atoms with Crippen LogP contribution < -0.4 is 14.8 Å². The summed E-state index contributed by atoms with van der Waals surface area (Å²) >= 11 is 0. The summed E-state index contributed by atoms with van der Waals surface area (Å²) < 4.78 is 72.0. The summed E-state index contributed by atoms with van der Waals surface area (Å²) in [6.07, 6.45) is -4.28. The van der Waals surface area contributed by atoms with Gasteiger partial charge in [-0.15, -0.1) is 0 Å². The van der Waals surface area contributed by atoms with Crippen LogP contribution in [-0.2, 0) is 6.54 Å². The average molecular weight is 311 g/mol. The first-order valence-electron chi connectivity index (χ1n) is 6.21. The molecule has 0 bridgehead atoms. The molecule has 1 aromatic rings. The van der Waals surface area contributed by atoms with Gasteiger partial charge < -0.3 is 9.47 Å². The second-order valence-electron chi connectivity index (χ2n) is 4.80. The number of alkyl halides is 5. The maximum Gasteiger partial charge on any atom is 0.406 e. The van der Waals surface area contributed by atoms with Crippen molar-refractivity contribution in [2.75, 3.05) is 7.11 Å². The van der Waals surface area contributed by atoms with E-state index in [1.54, 1.807) is 0 Å². The molecule has 1 aliphatic carbocycles. The molecule has 0 atom stereocenters. The highest BCUT2D eigenvalue weighted by molar-refractivity contribution is 5.43. The molecule has 0 aliphatic heterocycles. The lowest BCUT2D eigenvalue weighted by molar-refractivity contribution is -0.166. The Kier molecular flexibility index (Phi) is 4.27. The van der Waals surface area contributed by atoms with Gasteiger partial charge in [0, 0.05) is 6.54 Å². The molecule has 1 aromatic carbocycles. The molecular weight excluding hydrogens is 297 g/mol. The Morgan fingerprint density at radius 2 is 1.90 bits per heavy atom. The van der Waals surface area contributed by atoms with E-state index in [9.17, 15) is 22.0 Å². The van der Waals surface area contributed by atoms with E-state index in [0.717, 1.165) is 0 Å². The van der Waals surface area contributed by atoms with Gasteiger partial charge in [0.05, 0.1) is 7.11 Å². The minimum Gasteiger partial charge on any atom is -0.493 e. The monoisotopic (exact) mass is 311 g/mol. The summed E-state index contributed by atoms with van der Waals surface area (Å²) in [5.74, 6) is -0.111. The summed E-state index contributed by atoms with van der Waals surface area (Å²) in [7, 11) is 1.29. The van der Waals surface area contributed by atoms with Crippen LogP contribution >= 0.6 is 0 Å². The van der Waals surface area contributed by atoms with Gasteiger partial charge in [-0.3, -0.25) is 5.32 Å². The van der Waals surface area contributed by atoms with E-state index >= 15 is 0 Å². The first kappa shape index (κ1) is 15.8. The van der Waals surface area contributed by atoms with E-state index in [1.165, 1.54) is 25.3 Å². The van der Waals surface area contributed by atoms with Crippen LogP contribution in [-0.4, -0.2) is 25.4 Å². The predicted molar refractivity (Wildman–Crippen MR) is 64.5 cm³/mol. The average Bonchev–Trinajstić information content (AvgIpc) is 3.16. The van der Waals surface area contributed by atoms with Gasteiger partial charge in [-0.25, -0.2) is 0 Å². The molecule has 0 unspecified atom stereocenters. The Hall–Kier alpha value is -1.57. The largest absolute Gasteiger partial charge is 0.493 e. The first-order chi connectivity index (χ1) is 9.77. The standard InChI is InChI=1S/C13H14F5NO2/c1-20-9-3-2-8(6-10(9)21-11(14)15)7-19-12(4-5-12)13(16,17)18/h2-3,6,11,19H,4-5,7H2,1H3. The number of rotatable bonds is 6. The highest BCUT2D eigenvalue weighted by Gasteiger charge is 2.62. The summed E-state index contributed by atoms with van der Waals surface area (Å²) in [4.78, 5) is 0. The third-order valence-electron chi connectivity index (χ3n) is 3.37. The molecule has 3 nitrogen and oxygen atoms in total. The SMILES string of the molecule is COc1ccc(CNC2(C(F)(F)F)CC2)cc1OC(F)F. The van der Waals surface area contributed by atoms with E-state index in [-0.39, 0.29) is 30.9 Å². The van der Waals surface area contributed by atoms with Crippen LogP contribution in [0.4, 0.5) is 22.0 Å². The lowest BCUT2D eigenvalue weighted by Gasteiger charge is -2.21. The Morgan fingerprint density at radius 3 is 2.38 bits per heavy atom. The van der Waals surface area contributed by atoms with Crippen LogP contribution in [0, 0.1) is 0 Å². The molecular formula is C13H14F5NO2. The van der Waals surface area contributed by atoms with Crippen molar-refractivity contribution in [3.05, 3.63) is 23.8 Å². The highest BCUT2D eigenvalue weighted by Crippen LogP contribution is 2.49. The van der Waals surface area contributed by atoms with E-state index in [4.69, 9.17) is 4.74 Å². The fraction of sp³-hybridized carbons (Fsp3) is 0.538. The van der Waals surface area contributed by atoms with Gasteiger partial charge in [0.1, 0.15) is 5.54 Å². The summed E-state index contributed by atoms with van der Waals surface area (Å²) in [5.41, 5.74) is -1.45. The smallest absolute Gasteiger partial charge is 0.406 e. The van der Waals surface area contributed by atoms with Crippen LogP contribution in [0.5, 0.6) is 11.5 Å². The van der Waals surface area contributed by atoms with Crippen molar-refractivity contribution in [3.8, 4) is 11.5 Å². The molecule has 118 valence electrons. The van der Waals surface area contributed by atoms with Gasteiger partial charge >= 0.3 is 12.8 Å². The molecule has 1 aliphatic rings. The Morgan fingerprint density at radius 1 is 1.24 bits per heavy atom. The Labute approximate surface area is 118 Å². The molecule has 1 saturated carbocycles. The molecule has 0 saturated heterocycles. The summed E-state index contributed by atoms with van der Waals surface area (Å²) in [6.45, 7) is -3.13. The molecule has 2 rings (SSSR count). The molecule has 0 aromatic heterocycles. The van der Waals surface area contributed by atoms with Crippen molar-refractivity contribution >= 4 is 0 Å². The van der Waals surface area contributed by atoms with E-state index in [2.05, 4.69) is 10.1 Å². The lowest BCUT2D eigenvalue weighted by atomic mass is 10.1. The van der Waals surface area contributed by atoms with E-state index in [1.807, 2.05) is 0 Å². The first-order valence-corrected chi connectivity index (χ1v) is 6.21. The maximum absolute atomic E-state index is 12.8. The highest BCUT2D eigenvalue weighted by atomic mass is 19.4. The molecule has 1 fully saturated rings. The predicted octanol–water partition coefficient (Wildman–Crippen LogP) is 3.48. The van der Waals surface area contributed by atoms with E-state index in [0.29, 0.717) is 5.56 Å². The number of methoxy groups -OCH3 is 1. The molecule has 8 heteroatoms. The number of hydrogen-bond acceptors (Lipinski definition) is 3.